The van der Waals surface area contributed by atoms with Crippen LogP contribution in [0.4, 0.5) is 0 Å². The van der Waals surface area contributed by atoms with Crippen molar-refractivity contribution in [3.8, 4) is 0 Å². The van der Waals surface area contributed by atoms with E-state index in [1.54, 1.807) is 0 Å². The SMILES string of the molecule is CCCCCCCCOS(=O)(=O)[O-].CCCC[C@H](OC(=O)Cc1[nH]cc[n+]1C)c1ccccc1. The number of aromatic nitrogens is 2. The molecule has 0 unspecified atom stereocenters. The van der Waals surface area contributed by atoms with Crippen molar-refractivity contribution in [2.75, 3.05) is 6.61 Å². The van der Waals surface area contributed by atoms with E-state index in [2.05, 4.69) is 23.0 Å². The van der Waals surface area contributed by atoms with Crippen LogP contribution >= 0.6 is 0 Å². The second-order valence-electron chi connectivity index (χ2n) is 8.22. The molecule has 0 saturated carbocycles. The smallest absolute Gasteiger partial charge is 0.318 e. The van der Waals surface area contributed by atoms with Gasteiger partial charge in [-0.1, -0.05) is 82.7 Å². The van der Waals surface area contributed by atoms with E-state index >= 15 is 0 Å². The highest BCUT2D eigenvalue weighted by atomic mass is 32.3. The van der Waals surface area contributed by atoms with Gasteiger partial charge in [-0.15, -0.1) is 0 Å². The number of carbonyl (C=O) groups is 1. The Bertz CT molecular complexity index is 899. The maximum atomic E-state index is 12.2. The molecule has 1 aromatic heterocycles. The Hall–Kier alpha value is -2.23. The predicted octanol–water partition coefficient (Wildman–Crippen LogP) is 4.68. The molecule has 0 saturated heterocycles. The third-order valence-electron chi connectivity index (χ3n) is 5.28. The number of nitrogens with one attached hydrogen (secondary N) is 1. The van der Waals surface area contributed by atoms with E-state index in [-0.39, 0.29) is 25.1 Å². The van der Waals surface area contributed by atoms with E-state index in [1.165, 1.54) is 19.3 Å². The van der Waals surface area contributed by atoms with Crippen LogP contribution in [0.5, 0.6) is 0 Å². The zero-order valence-corrected chi connectivity index (χ0v) is 21.5. The Morgan fingerprint density at radius 3 is 2.26 bits per heavy atom. The van der Waals surface area contributed by atoms with Gasteiger partial charge in [0.15, 0.2) is 0 Å². The van der Waals surface area contributed by atoms with Gasteiger partial charge in [-0.2, -0.15) is 0 Å². The van der Waals surface area contributed by atoms with Crippen LogP contribution in [-0.2, 0) is 37.6 Å². The molecule has 0 amide bonds. The average molecular weight is 497 g/mol. The van der Waals surface area contributed by atoms with Crippen molar-refractivity contribution in [2.45, 2.75) is 84.2 Å². The molecule has 1 atom stereocenters. The molecule has 0 bridgehead atoms. The van der Waals surface area contributed by atoms with Crippen LogP contribution in [-0.4, -0.2) is 30.5 Å². The molecule has 1 N–H and O–H groups in total. The van der Waals surface area contributed by atoms with Gasteiger partial charge in [-0.25, -0.2) is 18.0 Å². The Balaban J connectivity index is 0.000000385. The number of benzene rings is 1. The second-order valence-corrected chi connectivity index (χ2v) is 9.28. The van der Waals surface area contributed by atoms with Gasteiger partial charge in [-0.3, -0.25) is 8.98 Å². The fourth-order valence-corrected chi connectivity index (χ4v) is 3.67. The molecule has 0 aliphatic carbocycles. The largest absolute Gasteiger partial charge is 0.726 e. The van der Waals surface area contributed by atoms with Gasteiger partial charge in [0.1, 0.15) is 24.9 Å². The van der Waals surface area contributed by atoms with Gasteiger partial charge in [0.05, 0.1) is 13.7 Å². The molecule has 2 aromatic rings. The summed E-state index contributed by atoms with van der Waals surface area (Å²) in [5.74, 6) is 0.653. The number of H-pyrrole nitrogens is 1. The van der Waals surface area contributed by atoms with Crippen molar-refractivity contribution < 1.29 is 31.3 Å². The maximum absolute atomic E-state index is 12.2. The van der Waals surface area contributed by atoms with Gasteiger partial charge in [0, 0.05) is 0 Å². The third-order valence-corrected chi connectivity index (χ3v) is 5.73. The molecule has 9 heteroatoms. The number of esters is 1. The molecule has 192 valence electrons. The molecular weight excluding hydrogens is 456 g/mol. The molecule has 0 radical (unpaired) electrons. The highest BCUT2D eigenvalue weighted by Gasteiger charge is 2.20. The van der Waals surface area contributed by atoms with E-state index < -0.39 is 10.4 Å². The van der Waals surface area contributed by atoms with Gasteiger partial charge >= 0.3 is 5.97 Å². The topological polar surface area (TPSA) is 112 Å². The number of aryl methyl sites for hydroxylation is 1. The summed E-state index contributed by atoms with van der Waals surface area (Å²) < 4.78 is 41.6. The van der Waals surface area contributed by atoms with Crippen LogP contribution in [0, 0.1) is 0 Å². The molecular formula is C25H40N2O6S. The number of unbranched alkanes of at least 4 members (excludes halogenated alkanes) is 6. The van der Waals surface area contributed by atoms with Crippen LogP contribution in [0.3, 0.4) is 0 Å². The first-order valence-corrected chi connectivity index (χ1v) is 13.5. The number of rotatable bonds is 15. The minimum absolute atomic E-state index is 0.0258. The third kappa shape index (κ3) is 14.1. The Kier molecular flexibility index (Phi) is 15.1. The van der Waals surface area contributed by atoms with Crippen molar-refractivity contribution in [3.63, 3.8) is 0 Å². The predicted molar refractivity (Wildman–Crippen MR) is 129 cm³/mol. The lowest BCUT2D eigenvalue weighted by atomic mass is 10.0. The van der Waals surface area contributed by atoms with Crippen LogP contribution in [0.15, 0.2) is 42.7 Å². The summed E-state index contributed by atoms with van der Waals surface area (Å²) in [6, 6.07) is 9.96. The summed E-state index contributed by atoms with van der Waals surface area (Å²) in [5, 5.41) is 0. The number of aromatic amines is 1. The summed E-state index contributed by atoms with van der Waals surface area (Å²) in [4.78, 5) is 15.2. The Morgan fingerprint density at radius 2 is 1.68 bits per heavy atom. The van der Waals surface area contributed by atoms with Crippen LogP contribution in [0.1, 0.15) is 89.1 Å². The standard InChI is InChI=1S/C17H22N2O2.C8H18O4S/c1-3-4-10-15(14-8-6-5-7-9-14)21-17(20)13-16-18-11-12-19(16)2;1-2-3-4-5-6-7-8-12-13(9,10)11/h5-9,11-12,15H,3-4,10,13H2,1-2H3;2-8H2,1H3,(H,9,10,11)/t15-;/m0./s1. The zero-order valence-electron chi connectivity index (χ0n) is 20.7. The number of nitrogens with zero attached hydrogens (tertiary/aromatic N) is 1. The first-order chi connectivity index (χ1) is 16.3. The van der Waals surface area contributed by atoms with Crippen molar-refractivity contribution in [3.05, 3.63) is 54.1 Å². The summed E-state index contributed by atoms with van der Waals surface area (Å²) in [6.45, 7) is 4.30. The minimum atomic E-state index is -4.47. The van der Waals surface area contributed by atoms with Crippen LogP contribution in [0.25, 0.3) is 0 Å². The van der Waals surface area contributed by atoms with Gasteiger partial charge in [-0.05, 0) is 24.8 Å². The van der Waals surface area contributed by atoms with Crippen molar-refractivity contribution >= 4 is 16.4 Å². The fourth-order valence-electron chi connectivity index (χ4n) is 3.34. The molecule has 34 heavy (non-hydrogen) atoms. The Labute approximate surface area is 204 Å². The molecule has 1 aromatic carbocycles. The lowest BCUT2D eigenvalue weighted by Crippen LogP contribution is -2.32. The summed E-state index contributed by atoms with van der Waals surface area (Å²) in [6.07, 6.45) is 13.0. The number of hydrogen-bond donors (Lipinski definition) is 1. The van der Waals surface area contributed by atoms with E-state index in [0.29, 0.717) is 6.42 Å². The summed E-state index contributed by atoms with van der Waals surface area (Å²) in [7, 11) is -2.56. The first-order valence-electron chi connectivity index (χ1n) is 12.1. The first kappa shape index (κ1) is 29.8. The molecule has 0 spiro atoms. The van der Waals surface area contributed by atoms with Crippen molar-refractivity contribution in [1.29, 1.82) is 0 Å². The van der Waals surface area contributed by atoms with Crippen LogP contribution < -0.4 is 4.57 Å². The normalized spacial score (nSPS) is 12.0. The highest BCUT2D eigenvalue weighted by Crippen LogP contribution is 2.23. The number of imidazole rings is 1. The van der Waals surface area contributed by atoms with Crippen molar-refractivity contribution in [2.24, 2.45) is 7.05 Å². The molecule has 0 aliphatic rings. The number of ether oxygens (including phenoxy) is 1. The lowest BCUT2D eigenvalue weighted by Gasteiger charge is -2.17. The highest BCUT2D eigenvalue weighted by molar-refractivity contribution is 7.80. The fraction of sp³-hybridized carbons (Fsp3) is 0.600. The average Bonchev–Trinajstić information content (AvgIpc) is 3.20. The summed E-state index contributed by atoms with van der Waals surface area (Å²) in [5.41, 5.74) is 1.06. The minimum Gasteiger partial charge on any atom is -0.726 e. The van der Waals surface area contributed by atoms with Crippen LogP contribution in [0.2, 0.25) is 0 Å². The second kappa shape index (κ2) is 17.2. The Morgan fingerprint density at radius 1 is 1.03 bits per heavy atom. The number of hydrogen-bond acceptors (Lipinski definition) is 6. The molecule has 1 heterocycles. The van der Waals surface area contributed by atoms with Gasteiger partial charge < -0.3 is 9.29 Å². The van der Waals surface area contributed by atoms with E-state index in [0.717, 1.165) is 43.5 Å². The number of carbonyl (C=O) groups excluding carboxylic acids is 1. The summed E-state index contributed by atoms with van der Waals surface area (Å²) >= 11 is 0. The van der Waals surface area contributed by atoms with Gasteiger partial charge in [0.2, 0.25) is 10.4 Å². The molecule has 0 fully saturated rings. The molecule has 8 nitrogen and oxygen atoms in total. The van der Waals surface area contributed by atoms with E-state index in [1.807, 2.05) is 54.3 Å². The van der Waals surface area contributed by atoms with E-state index in [4.69, 9.17) is 4.74 Å². The van der Waals surface area contributed by atoms with Gasteiger partial charge in [0.25, 0.3) is 5.82 Å². The molecule has 2 rings (SSSR count). The molecule has 0 aliphatic heterocycles. The quantitative estimate of drug-likeness (QED) is 0.126. The zero-order chi connectivity index (χ0) is 25.2. The van der Waals surface area contributed by atoms with E-state index in [9.17, 15) is 17.8 Å². The monoisotopic (exact) mass is 496 g/mol. The maximum Gasteiger partial charge on any atom is 0.318 e. The van der Waals surface area contributed by atoms with Crippen molar-refractivity contribution in [1.82, 2.24) is 4.98 Å². The lowest BCUT2D eigenvalue weighted by molar-refractivity contribution is -0.677.